The highest BCUT2D eigenvalue weighted by Crippen LogP contribution is 2.10. The van der Waals surface area contributed by atoms with Crippen molar-refractivity contribution in [3.8, 4) is 5.69 Å². The zero-order valence-corrected chi connectivity index (χ0v) is 16.3. The van der Waals surface area contributed by atoms with Gasteiger partial charge in [0.15, 0.2) is 11.8 Å². The van der Waals surface area contributed by atoms with Crippen molar-refractivity contribution in [2.24, 2.45) is 4.99 Å². The van der Waals surface area contributed by atoms with E-state index in [2.05, 4.69) is 30.7 Å². The highest BCUT2D eigenvalue weighted by Gasteiger charge is 2.09. The van der Waals surface area contributed by atoms with E-state index < -0.39 is 0 Å². The normalized spacial score (nSPS) is 16.1. The van der Waals surface area contributed by atoms with Gasteiger partial charge in [-0.1, -0.05) is 31.0 Å². The second-order valence-corrected chi connectivity index (χ2v) is 6.91. The van der Waals surface area contributed by atoms with Gasteiger partial charge in [0.05, 0.1) is 6.54 Å². The molecule has 1 saturated heterocycles. The lowest BCUT2D eigenvalue weighted by molar-refractivity contribution is 0.282. The van der Waals surface area contributed by atoms with Crippen LogP contribution < -0.4 is 10.6 Å². The minimum absolute atomic E-state index is 0.570. The van der Waals surface area contributed by atoms with E-state index in [1.165, 1.54) is 38.8 Å². The summed E-state index contributed by atoms with van der Waals surface area (Å²) in [6, 6.07) is 10.1. The van der Waals surface area contributed by atoms with Crippen molar-refractivity contribution in [2.45, 2.75) is 38.6 Å². The summed E-state index contributed by atoms with van der Waals surface area (Å²) in [5.41, 5.74) is 1.06. The summed E-state index contributed by atoms with van der Waals surface area (Å²) in [6.45, 7) is 5.15. The van der Waals surface area contributed by atoms with Crippen LogP contribution in [-0.2, 0) is 6.54 Å². The Kier molecular flexibility index (Phi) is 7.65. The first-order chi connectivity index (χ1) is 13.4. The molecule has 2 aromatic rings. The Labute approximate surface area is 161 Å². The Hall–Kier alpha value is -2.41. The molecular formula is C20H31N7. The number of nitrogens with one attached hydrogen (secondary N) is 2. The van der Waals surface area contributed by atoms with E-state index in [0.29, 0.717) is 6.54 Å². The van der Waals surface area contributed by atoms with Crippen LogP contribution >= 0.6 is 0 Å². The molecule has 2 heterocycles. The van der Waals surface area contributed by atoms with E-state index in [1.54, 1.807) is 13.4 Å². The van der Waals surface area contributed by atoms with E-state index in [0.717, 1.165) is 37.0 Å². The van der Waals surface area contributed by atoms with Gasteiger partial charge in [-0.3, -0.25) is 9.56 Å². The smallest absolute Gasteiger partial charge is 0.191 e. The number of benzene rings is 1. The Balaban J connectivity index is 1.41. The lowest BCUT2D eigenvalue weighted by Crippen LogP contribution is -2.39. The molecule has 0 spiro atoms. The number of para-hydroxylation sites is 1. The molecule has 0 bridgehead atoms. The number of aromatic nitrogens is 3. The van der Waals surface area contributed by atoms with E-state index in [-0.39, 0.29) is 0 Å². The van der Waals surface area contributed by atoms with Crippen LogP contribution in [0.1, 0.15) is 37.9 Å². The van der Waals surface area contributed by atoms with Crippen molar-refractivity contribution in [1.82, 2.24) is 30.3 Å². The summed E-state index contributed by atoms with van der Waals surface area (Å²) in [5, 5.41) is 15.0. The average Bonchev–Trinajstić information content (AvgIpc) is 3.03. The van der Waals surface area contributed by atoms with Crippen LogP contribution in [0.2, 0.25) is 0 Å². The van der Waals surface area contributed by atoms with Crippen LogP contribution in [0.3, 0.4) is 0 Å². The van der Waals surface area contributed by atoms with Crippen molar-refractivity contribution in [1.29, 1.82) is 0 Å². The molecule has 1 aromatic heterocycles. The second kappa shape index (κ2) is 10.7. The molecule has 1 aromatic carbocycles. The third-order valence-electron chi connectivity index (χ3n) is 4.93. The number of rotatable bonds is 7. The number of aliphatic imine (C=N–C) groups is 1. The van der Waals surface area contributed by atoms with Crippen LogP contribution in [0.25, 0.3) is 5.69 Å². The van der Waals surface area contributed by atoms with Gasteiger partial charge in [0, 0.05) is 19.3 Å². The molecular weight excluding hydrogens is 338 g/mol. The molecule has 7 nitrogen and oxygen atoms in total. The molecule has 1 aliphatic rings. The van der Waals surface area contributed by atoms with Gasteiger partial charge in [0.25, 0.3) is 0 Å². The molecule has 3 rings (SSSR count). The van der Waals surface area contributed by atoms with E-state index >= 15 is 0 Å². The molecule has 0 amide bonds. The first-order valence-electron chi connectivity index (χ1n) is 9.98. The average molecular weight is 370 g/mol. The summed E-state index contributed by atoms with van der Waals surface area (Å²) in [7, 11) is 1.80. The molecule has 27 heavy (non-hydrogen) atoms. The fourth-order valence-corrected chi connectivity index (χ4v) is 3.44. The van der Waals surface area contributed by atoms with Gasteiger partial charge in [0.1, 0.15) is 6.33 Å². The van der Waals surface area contributed by atoms with Gasteiger partial charge < -0.3 is 15.5 Å². The number of guanidine groups is 1. The Bertz CT molecular complexity index is 687. The predicted octanol–water partition coefficient (Wildman–Crippen LogP) is 2.20. The largest absolute Gasteiger partial charge is 0.356 e. The molecule has 0 aliphatic carbocycles. The maximum atomic E-state index is 4.31. The summed E-state index contributed by atoms with van der Waals surface area (Å²) < 4.78 is 1.99. The first-order valence-corrected chi connectivity index (χ1v) is 9.98. The van der Waals surface area contributed by atoms with E-state index in [9.17, 15) is 0 Å². The maximum Gasteiger partial charge on any atom is 0.191 e. The van der Waals surface area contributed by atoms with Crippen LogP contribution in [0.15, 0.2) is 41.7 Å². The number of hydrogen-bond acceptors (Lipinski definition) is 4. The Morgan fingerprint density at radius 2 is 1.85 bits per heavy atom. The Morgan fingerprint density at radius 3 is 2.59 bits per heavy atom. The first kappa shape index (κ1) is 19.4. The second-order valence-electron chi connectivity index (χ2n) is 6.91. The molecule has 146 valence electrons. The molecule has 0 unspecified atom stereocenters. The van der Waals surface area contributed by atoms with Crippen LogP contribution in [0, 0.1) is 0 Å². The molecule has 0 radical (unpaired) electrons. The Morgan fingerprint density at radius 1 is 1.07 bits per heavy atom. The van der Waals surface area contributed by atoms with Gasteiger partial charge in [-0.25, -0.2) is 0 Å². The highest BCUT2D eigenvalue weighted by molar-refractivity contribution is 5.79. The quantitative estimate of drug-likeness (QED) is 0.445. The van der Waals surface area contributed by atoms with Crippen LogP contribution in [0.4, 0.5) is 0 Å². The molecule has 7 heteroatoms. The lowest BCUT2D eigenvalue weighted by atomic mass is 10.2. The summed E-state index contributed by atoms with van der Waals surface area (Å²) >= 11 is 0. The van der Waals surface area contributed by atoms with Crippen molar-refractivity contribution in [3.05, 3.63) is 42.5 Å². The van der Waals surface area contributed by atoms with Gasteiger partial charge in [-0.05, 0) is 51.0 Å². The SMILES string of the molecule is CN=C(NCCCN1CCCCCC1)NCc1nncn1-c1ccccc1. The molecule has 1 aliphatic heterocycles. The van der Waals surface area contributed by atoms with E-state index in [4.69, 9.17) is 0 Å². The maximum absolute atomic E-state index is 4.31. The third-order valence-corrected chi connectivity index (χ3v) is 4.93. The van der Waals surface area contributed by atoms with Gasteiger partial charge in [0.2, 0.25) is 0 Å². The van der Waals surface area contributed by atoms with E-state index in [1.807, 2.05) is 34.9 Å². The minimum Gasteiger partial charge on any atom is -0.356 e. The highest BCUT2D eigenvalue weighted by atomic mass is 15.3. The number of hydrogen-bond donors (Lipinski definition) is 2. The summed E-state index contributed by atoms with van der Waals surface area (Å²) in [6.07, 6.45) is 8.33. The number of nitrogens with zero attached hydrogens (tertiary/aromatic N) is 5. The minimum atomic E-state index is 0.570. The standard InChI is InChI=1S/C20H31N7/c1-21-20(22-12-9-15-26-13-7-2-3-8-14-26)23-16-19-25-24-17-27(19)18-10-5-4-6-11-18/h4-6,10-11,17H,2-3,7-9,12-16H2,1H3,(H2,21,22,23). The lowest BCUT2D eigenvalue weighted by Gasteiger charge is -2.20. The summed E-state index contributed by atoms with van der Waals surface area (Å²) in [4.78, 5) is 6.90. The van der Waals surface area contributed by atoms with Crippen molar-refractivity contribution in [3.63, 3.8) is 0 Å². The number of likely N-dealkylation sites (tertiary alicyclic amines) is 1. The zero-order valence-electron chi connectivity index (χ0n) is 16.3. The molecule has 0 atom stereocenters. The van der Waals surface area contributed by atoms with Crippen molar-refractivity contribution < 1.29 is 0 Å². The molecule has 1 fully saturated rings. The predicted molar refractivity (Wildman–Crippen MR) is 109 cm³/mol. The van der Waals surface area contributed by atoms with Gasteiger partial charge >= 0.3 is 0 Å². The van der Waals surface area contributed by atoms with Crippen LogP contribution in [-0.4, -0.2) is 58.9 Å². The fourth-order valence-electron chi connectivity index (χ4n) is 3.44. The van der Waals surface area contributed by atoms with Crippen molar-refractivity contribution >= 4 is 5.96 Å². The summed E-state index contributed by atoms with van der Waals surface area (Å²) in [5.74, 6) is 1.65. The topological polar surface area (TPSA) is 70.4 Å². The van der Waals surface area contributed by atoms with Crippen LogP contribution in [0.5, 0.6) is 0 Å². The third kappa shape index (κ3) is 6.06. The monoisotopic (exact) mass is 369 g/mol. The fraction of sp³-hybridized carbons (Fsp3) is 0.550. The van der Waals surface area contributed by atoms with Crippen molar-refractivity contribution in [2.75, 3.05) is 33.2 Å². The molecule has 0 saturated carbocycles. The zero-order chi connectivity index (χ0) is 18.7. The van der Waals surface area contributed by atoms with Gasteiger partial charge in [-0.2, -0.15) is 0 Å². The van der Waals surface area contributed by atoms with Gasteiger partial charge in [-0.15, -0.1) is 10.2 Å². The molecule has 2 N–H and O–H groups in total.